The van der Waals surface area contributed by atoms with E-state index in [0.29, 0.717) is 18.4 Å². The van der Waals surface area contributed by atoms with E-state index in [-0.39, 0.29) is 13.1 Å². The Labute approximate surface area is 142 Å². The Balaban J connectivity index is 2.09. The van der Waals surface area contributed by atoms with Crippen molar-refractivity contribution in [3.05, 3.63) is 42.2 Å². The van der Waals surface area contributed by atoms with Crippen molar-refractivity contribution in [3.8, 4) is 0 Å². The summed E-state index contributed by atoms with van der Waals surface area (Å²) in [6.07, 6.45) is 0.0452. The molecule has 0 bridgehead atoms. The van der Waals surface area contributed by atoms with Gasteiger partial charge in [0.15, 0.2) is 0 Å². The Bertz CT molecular complexity index is 865. The smallest absolute Gasteiger partial charge is 0.337 e. The maximum Gasteiger partial charge on any atom is 0.417 e. The summed E-state index contributed by atoms with van der Waals surface area (Å²) in [4.78, 5) is 6.89. The minimum absolute atomic E-state index is 0.0338. The maximum atomic E-state index is 13.2. The highest BCUT2D eigenvalue weighted by atomic mass is 32.2. The second kappa shape index (κ2) is 6.39. The molecule has 11 heteroatoms. The quantitative estimate of drug-likeness (QED) is 0.871. The molecule has 1 fully saturated rings. The van der Waals surface area contributed by atoms with Crippen LogP contribution in [-0.4, -0.2) is 46.9 Å². The Morgan fingerprint density at radius 1 is 1.32 bits per heavy atom. The lowest BCUT2D eigenvalue weighted by molar-refractivity contribution is -0.140. The van der Waals surface area contributed by atoms with Gasteiger partial charge < -0.3 is 9.88 Å². The van der Waals surface area contributed by atoms with Crippen LogP contribution in [0.5, 0.6) is 0 Å². The normalized spacial score (nSPS) is 19.9. The molecule has 1 atom stereocenters. The van der Waals surface area contributed by atoms with Crippen molar-refractivity contribution in [2.45, 2.75) is 17.1 Å². The predicted molar refractivity (Wildman–Crippen MR) is 81.9 cm³/mol. The lowest BCUT2D eigenvalue weighted by Crippen LogP contribution is -2.49. The summed E-state index contributed by atoms with van der Waals surface area (Å²) in [5, 5.41) is 3.05. The van der Waals surface area contributed by atoms with E-state index in [2.05, 4.69) is 15.3 Å². The van der Waals surface area contributed by atoms with E-state index in [1.165, 1.54) is 6.20 Å². The Hall–Kier alpha value is -1.98. The second-order valence-electron chi connectivity index (χ2n) is 5.60. The third-order valence-electron chi connectivity index (χ3n) is 4.03. The van der Waals surface area contributed by atoms with Crippen molar-refractivity contribution in [2.75, 3.05) is 19.6 Å². The van der Waals surface area contributed by atoms with Crippen molar-refractivity contribution in [2.24, 2.45) is 7.05 Å². The lowest BCUT2D eigenvalue weighted by Gasteiger charge is -2.35. The Morgan fingerprint density at radius 3 is 2.72 bits per heavy atom. The topological polar surface area (TPSA) is 80.1 Å². The molecule has 25 heavy (non-hydrogen) atoms. The van der Waals surface area contributed by atoms with Gasteiger partial charge in [-0.2, -0.15) is 17.5 Å². The average Bonchev–Trinajstić information content (AvgIpc) is 3.00. The molecule has 0 amide bonds. The minimum Gasteiger partial charge on any atom is -0.337 e. The molecule has 0 saturated carbocycles. The molecular weight excluding hydrogens is 359 g/mol. The van der Waals surface area contributed by atoms with Gasteiger partial charge in [-0.05, 0) is 6.07 Å². The molecule has 1 aliphatic heterocycles. The first kappa shape index (κ1) is 17.8. The highest BCUT2D eigenvalue weighted by molar-refractivity contribution is 7.89. The van der Waals surface area contributed by atoms with E-state index in [4.69, 9.17) is 0 Å². The number of pyridine rings is 1. The van der Waals surface area contributed by atoms with Crippen LogP contribution in [0.2, 0.25) is 0 Å². The molecule has 3 heterocycles. The van der Waals surface area contributed by atoms with E-state index in [1.54, 1.807) is 17.8 Å². The fourth-order valence-electron chi connectivity index (χ4n) is 2.84. The van der Waals surface area contributed by atoms with Gasteiger partial charge in [0.25, 0.3) is 0 Å². The fraction of sp³-hybridized carbons (Fsp3) is 0.429. The van der Waals surface area contributed by atoms with Crippen LogP contribution in [0.3, 0.4) is 0 Å². The van der Waals surface area contributed by atoms with Gasteiger partial charge >= 0.3 is 6.18 Å². The maximum absolute atomic E-state index is 13.2. The zero-order valence-corrected chi connectivity index (χ0v) is 14.0. The molecule has 1 aliphatic rings. The number of nitrogens with zero attached hydrogens (tertiary/aromatic N) is 4. The van der Waals surface area contributed by atoms with Gasteiger partial charge in [0, 0.05) is 51.5 Å². The number of sulfonamides is 1. The van der Waals surface area contributed by atoms with Crippen LogP contribution < -0.4 is 5.32 Å². The number of aromatic nitrogens is 3. The number of halogens is 3. The Morgan fingerprint density at radius 2 is 2.08 bits per heavy atom. The van der Waals surface area contributed by atoms with Gasteiger partial charge in [-0.15, -0.1) is 0 Å². The zero-order chi connectivity index (χ0) is 18.2. The lowest BCUT2D eigenvalue weighted by atomic mass is 10.2. The standard InChI is InChI=1S/C14H16F3N5O2S/c1-21-6-5-20-13(21)11-8-19-4-7-22(11)25(23,24)12-9-18-3-2-10(12)14(15,16)17/h2-3,5-6,9,11,19H,4,7-8H2,1H3. The highest BCUT2D eigenvalue weighted by Crippen LogP contribution is 2.36. The number of alkyl halides is 3. The summed E-state index contributed by atoms with van der Waals surface area (Å²) in [5.41, 5.74) is -1.22. The zero-order valence-electron chi connectivity index (χ0n) is 13.2. The van der Waals surface area contributed by atoms with Crippen LogP contribution in [0, 0.1) is 0 Å². The summed E-state index contributed by atoms with van der Waals surface area (Å²) < 4.78 is 68.4. The van der Waals surface area contributed by atoms with E-state index in [9.17, 15) is 21.6 Å². The molecule has 136 valence electrons. The van der Waals surface area contributed by atoms with Gasteiger partial charge in [-0.25, -0.2) is 13.4 Å². The molecule has 1 unspecified atom stereocenters. The molecule has 1 saturated heterocycles. The monoisotopic (exact) mass is 375 g/mol. The van der Waals surface area contributed by atoms with Gasteiger partial charge in [0.2, 0.25) is 10.0 Å². The van der Waals surface area contributed by atoms with Gasteiger partial charge in [-0.1, -0.05) is 0 Å². The molecule has 0 aliphatic carbocycles. The van der Waals surface area contributed by atoms with Crippen LogP contribution in [-0.2, 0) is 23.2 Å². The Kier molecular flexibility index (Phi) is 4.56. The third-order valence-corrected chi connectivity index (χ3v) is 5.96. The number of piperazine rings is 1. The number of nitrogens with one attached hydrogen (secondary N) is 1. The van der Waals surface area contributed by atoms with E-state index >= 15 is 0 Å². The highest BCUT2D eigenvalue weighted by Gasteiger charge is 2.42. The van der Waals surface area contributed by atoms with Gasteiger partial charge in [0.1, 0.15) is 10.7 Å². The number of hydrogen-bond acceptors (Lipinski definition) is 5. The summed E-state index contributed by atoms with van der Waals surface area (Å²) in [6.45, 7) is 0.625. The minimum atomic E-state index is -4.79. The van der Waals surface area contributed by atoms with Gasteiger partial charge in [0.05, 0.1) is 11.6 Å². The first-order chi connectivity index (χ1) is 11.7. The number of rotatable bonds is 3. The predicted octanol–water partition coefficient (Wildman–Crippen LogP) is 1.17. The summed E-state index contributed by atoms with van der Waals surface area (Å²) >= 11 is 0. The van der Waals surface area contributed by atoms with Gasteiger partial charge in [-0.3, -0.25) is 4.98 Å². The molecule has 7 nitrogen and oxygen atoms in total. The van der Waals surface area contributed by atoms with Crippen molar-refractivity contribution in [3.63, 3.8) is 0 Å². The van der Waals surface area contributed by atoms with E-state index in [0.717, 1.165) is 16.7 Å². The third kappa shape index (κ3) is 3.26. The SMILES string of the molecule is Cn1ccnc1C1CNCCN1S(=O)(=O)c1cnccc1C(F)(F)F. The van der Waals surface area contributed by atoms with Crippen LogP contribution in [0.4, 0.5) is 13.2 Å². The van der Waals surface area contributed by atoms with Crippen LogP contribution in [0.15, 0.2) is 35.7 Å². The van der Waals surface area contributed by atoms with Crippen molar-refractivity contribution < 1.29 is 21.6 Å². The molecule has 2 aromatic rings. The molecule has 0 spiro atoms. The number of hydrogen-bond donors (Lipinski definition) is 1. The molecule has 2 aromatic heterocycles. The summed E-state index contributed by atoms with van der Waals surface area (Å²) in [7, 11) is -2.71. The van der Waals surface area contributed by atoms with Crippen molar-refractivity contribution in [1.82, 2.24) is 24.2 Å². The molecule has 0 aromatic carbocycles. The molecule has 3 rings (SSSR count). The molecular formula is C14H16F3N5O2S. The van der Waals surface area contributed by atoms with Crippen molar-refractivity contribution in [1.29, 1.82) is 0 Å². The van der Waals surface area contributed by atoms with E-state index in [1.807, 2.05) is 0 Å². The number of imidazole rings is 1. The fourth-order valence-corrected chi connectivity index (χ4v) is 4.58. The second-order valence-corrected chi connectivity index (χ2v) is 7.46. The molecule has 1 N–H and O–H groups in total. The van der Waals surface area contributed by atoms with Crippen LogP contribution >= 0.6 is 0 Å². The first-order valence-electron chi connectivity index (χ1n) is 7.44. The first-order valence-corrected chi connectivity index (χ1v) is 8.88. The summed E-state index contributed by atoms with van der Waals surface area (Å²) in [5.74, 6) is 0.452. The summed E-state index contributed by atoms with van der Waals surface area (Å²) in [6, 6.07) is -0.0368. The van der Waals surface area contributed by atoms with Crippen LogP contribution in [0.25, 0.3) is 0 Å². The molecule has 0 radical (unpaired) electrons. The van der Waals surface area contributed by atoms with E-state index < -0.39 is 32.7 Å². The average molecular weight is 375 g/mol. The van der Waals surface area contributed by atoms with Crippen molar-refractivity contribution >= 4 is 10.0 Å². The van der Waals surface area contributed by atoms with Crippen LogP contribution in [0.1, 0.15) is 17.4 Å². The number of aryl methyl sites for hydroxylation is 1. The largest absolute Gasteiger partial charge is 0.417 e.